The molecule has 3 heteroatoms. The fourth-order valence-electron chi connectivity index (χ4n) is 3.39. The maximum atomic E-state index is 4.40. The summed E-state index contributed by atoms with van der Waals surface area (Å²) >= 11 is 0. The molecule has 0 unspecified atom stereocenters. The summed E-state index contributed by atoms with van der Waals surface area (Å²) in [6.45, 7) is 6.25. The number of rotatable bonds is 3. The van der Waals surface area contributed by atoms with E-state index in [9.17, 15) is 0 Å². The average molecular weight is 619 g/mol. The molecule has 0 aliphatic heterocycles. The van der Waals surface area contributed by atoms with Crippen LogP contribution in [-0.2, 0) is 20.1 Å². The van der Waals surface area contributed by atoms with Gasteiger partial charge in [0.2, 0.25) is 0 Å². The molecule has 0 aliphatic rings. The van der Waals surface area contributed by atoms with Gasteiger partial charge in [-0.05, 0) is 41.1 Å². The standard InChI is InChI=1S/C17H12N.C14H14N.Ir/c1-3-7-14(8-4-1)16-11-12-18-17(13-16)15-9-5-2-6-10-15;1-10-4-7-14(15-9-10)13-6-5-11(2)12(3)8-13;/h1-9,11-13H;4-5,7-9H,1-3H3;/q2*-1;. The summed E-state index contributed by atoms with van der Waals surface area (Å²) in [6, 6.07) is 37.1. The molecule has 0 aliphatic carbocycles. The molecule has 0 atom stereocenters. The molecule has 5 aromatic rings. The van der Waals surface area contributed by atoms with E-state index in [2.05, 4.69) is 66.3 Å². The molecule has 0 N–H and O–H groups in total. The number of nitrogens with zero attached hydrogens (tertiary/aromatic N) is 2. The molecule has 34 heavy (non-hydrogen) atoms. The van der Waals surface area contributed by atoms with Gasteiger partial charge in [0.05, 0.1) is 0 Å². The molecule has 1 radical (unpaired) electrons. The number of aryl methyl sites for hydroxylation is 3. The van der Waals surface area contributed by atoms with E-state index in [4.69, 9.17) is 0 Å². The first kappa shape index (κ1) is 25.2. The van der Waals surface area contributed by atoms with Crippen LogP contribution in [0.4, 0.5) is 0 Å². The first-order valence-electron chi connectivity index (χ1n) is 11.0. The van der Waals surface area contributed by atoms with Gasteiger partial charge in [0.15, 0.2) is 0 Å². The van der Waals surface area contributed by atoms with E-state index in [-0.39, 0.29) is 20.1 Å². The summed E-state index contributed by atoms with van der Waals surface area (Å²) in [7, 11) is 0. The molecule has 0 saturated heterocycles. The Kier molecular flexibility index (Phi) is 9.04. The monoisotopic (exact) mass is 619 g/mol. The maximum Gasteiger partial charge on any atom is 0.0190 e. The van der Waals surface area contributed by atoms with Crippen molar-refractivity contribution in [1.29, 1.82) is 0 Å². The summed E-state index contributed by atoms with van der Waals surface area (Å²) in [5, 5.41) is 0. The normalized spacial score (nSPS) is 9.97. The molecular weight excluding hydrogens is 593 g/mol. The second kappa shape index (κ2) is 12.2. The van der Waals surface area contributed by atoms with Crippen molar-refractivity contribution in [3.63, 3.8) is 0 Å². The largest absolute Gasteiger partial charge is 0.305 e. The summed E-state index contributed by atoms with van der Waals surface area (Å²) in [5.41, 5.74) is 10.2. The predicted molar refractivity (Wildman–Crippen MR) is 137 cm³/mol. The van der Waals surface area contributed by atoms with Gasteiger partial charge in [0.1, 0.15) is 0 Å². The van der Waals surface area contributed by atoms with Crippen molar-refractivity contribution in [3.05, 3.63) is 132 Å². The van der Waals surface area contributed by atoms with Gasteiger partial charge in [-0.3, -0.25) is 0 Å². The number of pyridine rings is 2. The zero-order valence-electron chi connectivity index (χ0n) is 19.5. The van der Waals surface area contributed by atoms with E-state index in [0.29, 0.717) is 0 Å². The zero-order valence-corrected chi connectivity index (χ0v) is 21.9. The summed E-state index contributed by atoms with van der Waals surface area (Å²) in [6.07, 6.45) is 3.73. The van der Waals surface area contributed by atoms with Gasteiger partial charge in [0, 0.05) is 32.5 Å². The Balaban J connectivity index is 0.000000188. The predicted octanol–water partition coefficient (Wildman–Crippen LogP) is 7.69. The van der Waals surface area contributed by atoms with Crippen molar-refractivity contribution >= 4 is 0 Å². The first-order chi connectivity index (χ1) is 16.1. The summed E-state index contributed by atoms with van der Waals surface area (Å²) in [5.74, 6) is 0. The molecule has 0 bridgehead atoms. The van der Waals surface area contributed by atoms with Gasteiger partial charge in [-0.25, -0.2) is 0 Å². The van der Waals surface area contributed by atoms with Gasteiger partial charge in [-0.2, -0.15) is 0 Å². The molecule has 5 rings (SSSR count). The van der Waals surface area contributed by atoms with Crippen LogP contribution in [0.25, 0.3) is 33.6 Å². The maximum absolute atomic E-state index is 4.40. The fourth-order valence-corrected chi connectivity index (χ4v) is 3.39. The van der Waals surface area contributed by atoms with Crippen molar-refractivity contribution in [2.75, 3.05) is 0 Å². The van der Waals surface area contributed by atoms with Crippen LogP contribution >= 0.6 is 0 Å². The van der Waals surface area contributed by atoms with Crippen molar-refractivity contribution in [1.82, 2.24) is 9.97 Å². The van der Waals surface area contributed by atoms with Crippen molar-refractivity contribution in [2.45, 2.75) is 20.8 Å². The minimum absolute atomic E-state index is 0. The van der Waals surface area contributed by atoms with Crippen LogP contribution in [-0.4, -0.2) is 9.97 Å². The Hall–Kier alpha value is -3.39. The van der Waals surface area contributed by atoms with Gasteiger partial charge >= 0.3 is 0 Å². The van der Waals surface area contributed by atoms with Crippen LogP contribution in [0.1, 0.15) is 16.7 Å². The zero-order chi connectivity index (χ0) is 23.0. The van der Waals surface area contributed by atoms with Crippen LogP contribution in [0.3, 0.4) is 0 Å². The number of hydrogen-bond acceptors (Lipinski definition) is 2. The Morgan fingerprint density at radius 3 is 2.09 bits per heavy atom. The molecule has 2 nitrogen and oxygen atoms in total. The molecule has 0 saturated carbocycles. The number of hydrogen-bond donors (Lipinski definition) is 0. The summed E-state index contributed by atoms with van der Waals surface area (Å²) < 4.78 is 0. The summed E-state index contributed by atoms with van der Waals surface area (Å²) in [4.78, 5) is 8.79. The van der Waals surface area contributed by atoms with Gasteiger partial charge < -0.3 is 9.97 Å². The van der Waals surface area contributed by atoms with Crippen molar-refractivity contribution < 1.29 is 20.1 Å². The first-order valence-corrected chi connectivity index (χ1v) is 11.0. The van der Waals surface area contributed by atoms with E-state index in [1.54, 1.807) is 0 Å². The van der Waals surface area contributed by atoms with E-state index in [1.165, 1.54) is 27.8 Å². The van der Waals surface area contributed by atoms with E-state index in [1.807, 2.05) is 80.0 Å². The molecule has 0 spiro atoms. The molecule has 2 heterocycles. The number of aromatic nitrogens is 2. The topological polar surface area (TPSA) is 25.8 Å². The molecule has 3 aromatic carbocycles. The third kappa shape index (κ3) is 6.57. The van der Waals surface area contributed by atoms with Crippen LogP contribution in [0.2, 0.25) is 0 Å². The van der Waals surface area contributed by atoms with Crippen molar-refractivity contribution in [2.24, 2.45) is 0 Å². The van der Waals surface area contributed by atoms with Gasteiger partial charge in [0.25, 0.3) is 0 Å². The third-order valence-corrected chi connectivity index (χ3v) is 5.47. The minimum Gasteiger partial charge on any atom is -0.305 e. The second-order valence-corrected chi connectivity index (χ2v) is 8.01. The smallest absolute Gasteiger partial charge is 0.0190 e. The quantitative estimate of drug-likeness (QED) is 0.194. The Bertz CT molecular complexity index is 1260. The molecule has 2 aromatic heterocycles. The third-order valence-electron chi connectivity index (χ3n) is 5.47. The Labute approximate surface area is 216 Å². The SMILES string of the molecule is Cc1ccc(-c2[c-]cc(C)c(C)c2)nc1.[Ir].[c-]1ccccc1-c1cc(-c2ccccc2)ccn1. The number of benzene rings is 3. The minimum atomic E-state index is 0. The Morgan fingerprint density at radius 2 is 1.41 bits per heavy atom. The van der Waals surface area contributed by atoms with Crippen LogP contribution in [0.15, 0.2) is 103 Å². The van der Waals surface area contributed by atoms with Crippen molar-refractivity contribution in [3.8, 4) is 33.6 Å². The molecule has 0 fully saturated rings. The van der Waals surface area contributed by atoms with E-state index in [0.717, 1.165) is 22.5 Å². The van der Waals surface area contributed by atoms with Crippen LogP contribution in [0, 0.1) is 32.9 Å². The van der Waals surface area contributed by atoms with E-state index < -0.39 is 0 Å². The average Bonchev–Trinajstić information content (AvgIpc) is 2.88. The second-order valence-electron chi connectivity index (χ2n) is 8.01. The van der Waals surface area contributed by atoms with Gasteiger partial charge in [-0.15, -0.1) is 70.8 Å². The fraction of sp³-hybridized carbons (Fsp3) is 0.0968. The van der Waals surface area contributed by atoms with Crippen LogP contribution < -0.4 is 0 Å². The van der Waals surface area contributed by atoms with Crippen LogP contribution in [0.5, 0.6) is 0 Å². The van der Waals surface area contributed by atoms with Gasteiger partial charge in [-0.1, -0.05) is 62.4 Å². The van der Waals surface area contributed by atoms with E-state index >= 15 is 0 Å². The molecule has 0 amide bonds. The molecule has 171 valence electrons. The molecular formula is C31H26IrN2-2. The Morgan fingerprint density at radius 1 is 0.618 bits per heavy atom.